The molecule has 0 saturated carbocycles. The molecular formula is C58H113NO5. The normalized spacial score (nSPS) is 13.1. The maximum absolute atomic E-state index is 13.2. The first-order chi connectivity index (χ1) is 31.5. The van der Waals surface area contributed by atoms with E-state index in [-0.39, 0.29) is 24.9 Å². The highest BCUT2D eigenvalue weighted by atomic mass is 16.5. The first-order valence-electron chi connectivity index (χ1n) is 28.9. The Morgan fingerprint density at radius 2 is 0.750 bits per heavy atom. The minimum Gasteiger partial charge on any atom is -0.462 e. The van der Waals surface area contributed by atoms with E-state index >= 15 is 0 Å². The van der Waals surface area contributed by atoms with Crippen LogP contribution >= 0.6 is 0 Å². The van der Waals surface area contributed by atoms with Crippen LogP contribution in [-0.4, -0.2) is 46.9 Å². The van der Waals surface area contributed by atoms with Crippen molar-refractivity contribution in [3.05, 3.63) is 12.2 Å². The molecule has 3 unspecified atom stereocenters. The van der Waals surface area contributed by atoms with Crippen LogP contribution in [0, 0.1) is 0 Å². The number of hydrogen-bond acceptors (Lipinski definition) is 5. The summed E-state index contributed by atoms with van der Waals surface area (Å²) in [5.41, 5.74) is 0. The monoisotopic (exact) mass is 904 g/mol. The van der Waals surface area contributed by atoms with Crippen LogP contribution in [0.2, 0.25) is 0 Å². The van der Waals surface area contributed by atoms with Gasteiger partial charge in [-0.2, -0.15) is 0 Å². The molecule has 0 aliphatic rings. The van der Waals surface area contributed by atoms with Crippen LogP contribution in [0.1, 0.15) is 323 Å². The number of aliphatic hydroxyl groups is 2. The van der Waals surface area contributed by atoms with Gasteiger partial charge in [0, 0.05) is 6.42 Å². The number of unbranched alkanes of at least 4 members (excludes halogenated alkanes) is 39. The van der Waals surface area contributed by atoms with Crippen LogP contribution in [0.15, 0.2) is 12.2 Å². The summed E-state index contributed by atoms with van der Waals surface area (Å²) in [5, 5.41) is 23.9. The molecule has 0 spiro atoms. The number of carbonyl (C=O) groups is 2. The fraction of sp³-hybridized carbons (Fsp3) is 0.931. The van der Waals surface area contributed by atoms with E-state index in [9.17, 15) is 19.8 Å². The van der Waals surface area contributed by atoms with E-state index in [0.29, 0.717) is 19.3 Å². The highest BCUT2D eigenvalue weighted by Gasteiger charge is 2.24. The zero-order chi connectivity index (χ0) is 46.7. The van der Waals surface area contributed by atoms with E-state index in [0.717, 1.165) is 51.4 Å². The molecule has 1 amide bonds. The number of esters is 1. The summed E-state index contributed by atoms with van der Waals surface area (Å²) in [6, 6.07) is -0.697. The quantitative estimate of drug-likeness (QED) is 0.0321. The molecule has 0 aromatic rings. The minimum atomic E-state index is -0.783. The second-order valence-corrected chi connectivity index (χ2v) is 20.1. The van der Waals surface area contributed by atoms with Gasteiger partial charge in [0.05, 0.1) is 25.2 Å². The third kappa shape index (κ3) is 47.1. The van der Waals surface area contributed by atoms with Crippen LogP contribution in [0.3, 0.4) is 0 Å². The maximum atomic E-state index is 13.2. The van der Waals surface area contributed by atoms with Gasteiger partial charge in [0.1, 0.15) is 6.10 Å². The van der Waals surface area contributed by atoms with Gasteiger partial charge >= 0.3 is 5.97 Å². The molecule has 6 heteroatoms. The van der Waals surface area contributed by atoms with E-state index in [2.05, 4.69) is 38.2 Å². The first kappa shape index (κ1) is 62.6. The number of hydrogen-bond donors (Lipinski definition) is 3. The van der Waals surface area contributed by atoms with Gasteiger partial charge in [0.15, 0.2) is 0 Å². The van der Waals surface area contributed by atoms with Crippen molar-refractivity contribution < 1.29 is 24.5 Å². The molecule has 0 radical (unpaired) electrons. The Kier molecular flexibility index (Phi) is 51.4. The second-order valence-electron chi connectivity index (χ2n) is 20.1. The molecule has 3 atom stereocenters. The van der Waals surface area contributed by atoms with Crippen LogP contribution < -0.4 is 5.32 Å². The Bertz CT molecular complexity index is 970. The summed E-state index contributed by atoms with van der Waals surface area (Å²) < 4.78 is 5.96. The third-order valence-corrected chi connectivity index (χ3v) is 13.6. The minimum absolute atomic E-state index is 0.0821. The van der Waals surface area contributed by atoms with Crippen LogP contribution in [0.5, 0.6) is 0 Å². The molecule has 0 aliphatic heterocycles. The zero-order valence-electron chi connectivity index (χ0n) is 43.4. The van der Waals surface area contributed by atoms with Gasteiger partial charge in [0.25, 0.3) is 0 Å². The average molecular weight is 905 g/mol. The lowest BCUT2D eigenvalue weighted by Crippen LogP contribution is -2.46. The van der Waals surface area contributed by atoms with Crippen molar-refractivity contribution in [3.63, 3.8) is 0 Å². The number of allylic oxidation sites excluding steroid dienone is 2. The Labute approximate surface area is 399 Å². The van der Waals surface area contributed by atoms with Crippen molar-refractivity contribution in [2.45, 2.75) is 341 Å². The van der Waals surface area contributed by atoms with E-state index in [1.54, 1.807) is 0 Å². The summed E-state index contributed by atoms with van der Waals surface area (Å²) in [5.74, 6) is -0.461. The number of nitrogens with one attached hydrogen (secondary N) is 1. The maximum Gasteiger partial charge on any atom is 0.306 e. The molecule has 380 valence electrons. The lowest BCUT2D eigenvalue weighted by Gasteiger charge is -2.24. The predicted octanol–water partition coefficient (Wildman–Crippen LogP) is 17.7. The molecule has 0 aromatic heterocycles. The fourth-order valence-electron chi connectivity index (χ4n) is 9.19. The molecule has 0 aliphatic carbocycles. The lowest BCUT2D eigenvalue weighted by atomic mass is 10.0. The summed E-state index contributed by atoms with van der Waals surface area (Å²) in [6.07, 6.45) is 59.9. The SMILES string of the molecule is CCCCCCCCCCC/C=C/CCCCCCCC(=O)OC(CCCCCCCCCCCCCCC)CC(=O)NC(CO)C(O)CCCCCCCCCCCCCCCC. The molecule has 0 bridgehead atoms. The Morgan fingerprint density at radius 1 is 0.438 bits per heavy atom. The van der Waals surface area contributed by atoms with E-state index in [1.807, 2.05) is 0 Å². The van der Waals surface area contributed by atoms with E-state index in [1.165, 1.54) is 225 Å². The number of carbonyl (C=O) groups excluding carboxylic acids is 2. The molecule has 6 nitrogen and oxygen atoms in total. The van der Waals surface area contributed by atoms with Crippen LogP contribution in [0.25, 0.3) is 0 Å². The molecule has 0 aromatic carbocycles. The average Bonchev–Trinajstić information content (AvgIpc) is 3.29. The Balaban J connectivity index is 4.49. The van der Waals surface area contributed by atoms with Crippen LogP contribution in [-0.2, 0) is 14.3 Å². The molecule has 3 N–H and O–H groups in total. The molecule has 0 heterocycles. The predicted molar refractivity (Wildman–Crippen MR) is 278 cm³/mol. The van der Waals surface area contributed by atoms with Crippen molar-refractivity contribution in [1.82, 2.24) is 5.32 Å². The number of rotatable bonds is 53. The first-order valence-corrected chi connectivity index (χ1v) is 28.9. The highest BCUT2D eigenvalue weighted by molar-refractivity contribution is 5.77. The number of aliphatic hydroxyl groups excluding tert-OH is 2. The largest absolute Gasteiger partial charge is 0.462 e. The zero-order valence-corrected chi connectivity index (χ0v) is 43.4. The Morgan fingerprint density at radius 3 is 1.11 bits per heavy atom. The van der Waals surface area contributed by atoms with Gasteiger partial charge in [-0.1, -0.05) is 270 Å². The molecule has 0 fully saturated rings. The van der Waals surface area contributed by atoms with Crippen molar-refractivity contribution in [2.75, 3.05) is 6.61 Å². The Hall–Kier alpha value is -1.40. The van der Waals surface area contributed by atoms with Gasteiger partial charge in [-0.3, -0.25) is 9.59 Å². The van der Waals surface area contributed by atoms with Crippen molar-refractivity contribution in [3.8, 4) is 0 Å². The standard InChI is InChI=1S/C58H113NO5/c1-4-7-10-13-16-19-22-25-27-28-29-30-33-36-39-42-45-48-51-58(63)64-54(49-46-43-40-37-34-31-24-21-18-15-12-9-6-3)52-57(62)59-55(53-60)56(61)50-47-44-41-38-35-32-26-23-20-17-14-11-8-5-2/h29-30,54-56,60-61H,4-28,31-53H2,1-3H3,(H,59,62)/b30-29+. The van der Waals surface area contributed by atoms with Crippen LogP contribution in [0.4, 0.5) is 0 Å². The second kappa shape index (κ2) is 52.6. The lowest BCUT2D eigenvalue weighted by molar-refractivity contribution is -0.151. The smallest absolute Gasteiger partial charge is 0.306 e. The molecule has 0 rings (SSSR count). The number of amides is 1. The molecule has 64 heavy (non-hydrogen) atoms. The van der Waals surface area contributed by atoms with Gasteiger partial charge in [-0.25, -0.2) is 0 Å². The van der Waals surface area contributed by atoms with E-state index in [4.69, 9.17) is 4.74 Å². The summed E-state index contributed by atoms with van der Waals surface area (Å²) >= 11 is 0. The van der Waals surface area contributed by atoms with Gasteiger partial charge in [-0.05, 0) is 51.4 Å². The summed E-state index contributed by atoms with van der Waals surface area (Å²) in [7, 11) is 0. The topological polar surface area (TPSA) is 95.9 Å². The summed E-state index contributed by atoms with van der Waals surface area (Å²) in [4.78, 5) is 26.2. The highest BCUT2D eigenvalue weighted by Crippen LogP contribution is 2.19. The molecular weight excluding hydrogens is 791 g/mol. The van der Waals surface area contributed by atoms with Crippen molar-refractivity contribution in [1.29, 1.82) is 0 Å². The molecule has 0 saturated heterocycles. The number of ether oxygens (including phenoxy) is 1. The van der Waals surface area contributed by atoms with Gasteiger partial charge in [-0.15, -0.1) is 0 Å². The third-order valence-electron chi connectivity index (χ3n) is 13.6. The summed E-state index contributed by atoms with van der Waals surface area (Å²) in [6.45, 7) is 6.52. The van der Waals surface area contributed by atoms with Gasteiger partial charge in [0.2, 0.25) is 5.91 Å². The van der Waals surface area contributed by atoms with Gasteiger partial charge < -0.3 is 20.3 Å². The van der Waals surface area contributed by atoms with E-state index < -0.39 is 18.2 Å². The fourth-order valence-corrected chi connectivity index (χ4v) is 9.19. The van der Waals surface area contributed by atoms with Crippen molar-refractivity contribution in [2.24, 2.45) is 0 Å². The van der Waals surface area contributed by atoms with Crippen molar-refractivity contribution >= 4 is 11.9 Å².